The minimum Gasteiger partial charge on any atom is -0.356 e. The fourth-order valence-corrected chi connectivity index (χ4v) is 4.05. The Kier molecular flexibility index (Phi) is 9.95. The molecule has 1 atom stereocenters. The molecule has 0 radical (unpaired) electrons. The quantitative estimate of drug-likeness (QED) is 0.521. The number of alkyl halides is 3. The SMILES string of the molecule is CCCCC(CC)CNC(=O)CCCN(c1ccccc1C(F)(F)F)S(C)(=O)=O. The van der Waals surface area contributed by atoms with Gasteiger partial charge in [0.1, 0.15) is 0 Å². The first-order chi connectivity index (χ1) is 13.5. The number of hydrogen-bond acceptors (Lipinski definition) is 3. The highest BCUT2D eigenvalue weighted by atomic mass is 32.2. The van der Waals surface area contributed by atoms with Crippen molar-refractivity contribution < 1.29 is 26.4 Å². The van der Waals surface area contributed by atoms with Gasteiger partial charge in [0.2, 0.25) is 15.9 Å². The number of anilines is 1. The zero-order valence-corrected chi connectivity index (χ0v) is 18.1. The third kappa shape index (κ3) is 8.64. The lowest BCUT2D eigenvalue weighted by Crippen LogP contribution is -2.34. The molecule has 0 fully saturated rings. The van der Waals surface area contributed by atoms with E-state index in [1.807, 2.05) is 0 Å². The van der Waals surface area contributed by atoms with E-state index in [0.717, 1.165) is 48.4 Å². The smallest absolute Gasteiger partial charge is 0.356 e. The molecule has 0 aromatic heterocycles. The molecule has 0 aliphatic rings. The molecule has 0 saturated carbocycles. The Hall–Kier alpha value is -1.77. The minimum absolute atomic E-state index is 0.0460. The van der Waals surface area contributed by atoms with Crippen LogP contribution in [0, 0.1) is 5.92 Å². The third-order valence-corrected chi connectivity index (χ3v) is 5.95. The number of nitrogens with one attached hydrogen (secondary N) is 1. The monoisotopic (exact) mass is 436 g/mol. The number of carbonyl (C=O) groups is 1. The van der Waals surface area contributed by atoms with Crippen LogP contribution in [0.1, 0.15) is 57.9 Å². The van der Waals surface area contributed by atoms with Crippen LogP contribution in [0.2, 0.25) is 0 Å². The summed E-state index contributed by atoms with van der Waals surface area (Å²) in [6.07, 6.45) is 0.521. The molecule has 0 aliphatic carbocycles. The second kappa shape index (κ2) is 11.4. The number of unbranched alkanes of at least 4 members (excludes halogenated alkanes) is 1. The summed E-state index contributed by atoms with van der Waals surface area (Å²) in [7, 11) is -3.94. The van der Waals surface area contributed by atoms with Gasteiger partial charge in [-0.05, 0) is 30.9 Å². The average Bonchev–Trinajstić information content (AvgIpc) is 2.63. The average molecular weight is 437 g/mol. The molecule has 1 N–H and O–H groups in total. The predicted molar refractivity (Wildman–Crippen MR) is 109 cm³/mol. The van der Waals surface area contributed by atoms with Gasteiger partial charge < -0.3 is 5.32 Å². The highest BCUT2D eigenvalue weighted by Gasteiger charge is 2.36. The van der Waals surface area contributed by atoms with Crippen molar-refractivity contribution in [1.82, 2.24) is 5.32 Å². The first-order valence-corrected chi connectivity index (χ1v) is 11.8. The first-order valence-electron chi connectivity index (χ1n) is 9.91. The van der Waals surface area contributed by atoms with Gasteiger partial charge in [0.15, 0.2) is 0 Å². The summed E-state index contributed by atoms with van der Waals surface area (Å²) in [6, 6.07) is 4.55. The molecule has 0 aliphatic heterocycles. The van der Waals surface area contributed by atoms with Crippen molar-refractivity contribution in [1.29, 1.82) is 0 Å². The van der Waals surface area contributed by atoms with Crippen LogP contribution in [0.3, 0.4) is 0 Å². The van der Waals surface area contributed by atoms with Crippen molar-refractivity contribution >= 4 is 21.6 Å². The third-order valence-electron chi connectivity index (χ3n) is 4.77. The first kappa shape index (κ1) is 25.3. The molecule has 5 nitrogen and oxygen atoms in total. The highest BCUT2D eigenvalue weighted by molar-refractivity contribution is 7.92. The van der Waals surface area contributed by atoms with Crippen LogP contribution in [0.15, 0.2) is 24.3 Å². The van der Waals surface area contributed by atoms with Crippen molar-refractivity contribution in [3.63, 3.8) is 0 Å². The summed E-state index contributed by atoms with van der Waals surface area (Å²) in [5.41, 5.74) is -1.44. The van der Waals surface area contributed by atoms with Gasteiger partial charge in [-0.15, -0.1) is 0 Å². The van der Waals surface area contributed by atoms with E-state index in [1.165, 1.54) is 12.1 Å². The summed E-state index contributed by atoms with van der Waals surface area (Å²) >= 11 is 0. The summed E-state index contributed by atoms with van der Waals surface area (Å²) in [5, 5.41) is 2.84. The lowest BCUT2D eigenvalue weighted by molar-refractivity contribution is -0.137. The number of hydrogen-bond donors (Lipinski definition) is 1. The Bertz CT molecular complexity index is 752. The maximum Gasteiger partial charge on any atom is 0.418 e. The molecular formula is C20H31F3N2O3S. The van der Waals surface area contributed by atoms with E-state index < -0.39 is 27.5 Å². The molecular weight excluding hydrogens is 405 g/mol. The molecule has 0 heterocycles. The minimum atomic E-state index is -4.68. The van der Waals surface area contributed by atoms with Crippen molar-refractivity contribution in [2.45, 2.75) is 58.5 Å². The van der Waals surface area contributed by atoms with Gasteiger partial charge in [-0.2, -0.15) is 13.2 Å². The van der Waals surface area contributed by atoms with Gasteiger partial charge in [0.25, 0.3) is 0 Å². The van der Waals surface area contributed by atoms with Crippen LogP contribution in [0.4, 0.5) is 18.9 Å². The van der Waals surface area contributed by atoms with Crippen molar-refractivity contribution in [3.8, 4) is 0 Å². The molecule has 29 heavy (non-hydrogen) atoms. The summed E-state index contributed by atoms with van der Waals surface area (Å²) in [4.78, 5) is 12.1. The van der Waals surface area contributed by atoms with Crippen LogP contribution < -0.4 is 9.62 Å². The van der Waals surface area contributed by atoms with E-state index >= 15 is 0 Å². The fourth-order valence-electron chi connectivity index (χ4n) is 3.07. The van der Waals surface area contributed by atoms with Crippen molar-refractivity contribution in [3.05, 3.63) is 29.8 Å². The molecule has 9 heteroatoms. The van der Waals surface area contributed by atoms with E-state index in [9.17, 15) is 26.4 Å². The largest absolute Gasteiger partial charge is 0.418 e. The van der Waals surface area contributed by atoms with Crippen LogP contribution in [0.25, 0.3) is 0 Å². The summed E-state index contributed by atoms with van der Waals surface area (Å²) in [6.45, 7) is 4.53. The van der Waals surface area contributed by atoms with Gasteiger partial charge in [-0.25, -0.2) is 8.42 Å². The zero-order chi connectivity index (χ0) is 22.1. The van der Waals surface area contributed by atoms with Crippen LogP contribution in [0.5, 0.6) is 0 Å². The Morgan fingerprint density at radius 3 is 2.38 bits per heavy atom. The Labute approximate surface area is 171 Å². The number of para-hydroxylation sites is 1. The predicted octanol–water partition coefficient (Wildman–Crippen LogP) is 4.58. The number of nitrogens with zero attached hydrogens (tertiary/aromatic N) is 1. The molecule has 1 aromatic rings. The number of sulfonamides is 1. The van der Waals surface area contributed by atoms with Crippen LogP contribution >= 0.6 is 0 Å². The van der Waals surface area contributed by atoms with Crippen LogP contribution in [-0.2, 0) is 21.0 Å². The number of carbonyl (C=O) groups excluding carboxylic acids is 1. The number of rotatable bonds is 12. The van der Waals surface area contributed by atoms with Crippen molar-refractivity contribution in [2.24, 2.45) is 5.92 Å². The highest BCUT2D eigenvalue weighted by Crippen LogP contribution is 2.37. The maximum absolute atomic E-state index is 13.3. The molecule has 0 spiro atoms. The number of amides is 1. The topological polar surface area (TPSA) is 66.5 Å². The molecule has 166 valence electrons. The molecule has 1 unspecified atom stereocenters. The Morgan fingerprint density at radius 1 is 1.17 bits per heavy atom. The second-order valence-electron chi connectivity index (χ2n) is 7.17. The Balaban J connectivity index is 2.73. The number of benzene rings is 1. The fraction of sp³-hybridized carbons (Fsp3) is 0.650. The maximum atomic E-state index is 13.3. The summed E-state index contributed by atoms with van der Waals surface area (Å²) in [5.74, 6) is 0.169. The van der Waals surface area contributed by atoms with E-state index in [1.54, 1.807) is 0 Å². The van der Waals surface area contributed by atoms with Gasteiger partial charge in [0, 0.05) is 19.5 Å². The van der Waals surface area contributed by atoms with Gasteiger partial charge in [0.05, 0.1) is 17.5 Å². The molecule has 0 bridgehead atoms. The lowest BCUT2D eigenvalue weighted by atomic mass is 9.99. The molecule has 1 rings (SSSR count). The standard InChI is InChI=1S/C20H31F3N2O3S/c1-4-6-10-16(5-2)15-24-19(26)13-9-14-25(29(3,27)28)18-12-8-7-11-17(18)20(21,22)23/h7-8,11-12,16H,4-6,9-10,13-15H2,1-3H3,(H,24,26). The normalized spacial score (nSPS) is 13.2. The van der Waals surface area contributed by atoms with Crippen molar-refractivity contribution in [2.75, 3.05) is 23.7 Å². The van der Waals surface area contributed by atoms with Gasteiger partial charge >= 0.3 is 6.18 Å². The molecule has 1 amide bonds. The Morgan fingerprint density at radius 2 is 1.83 bits per heavy atom. The second-order valence-corrected chi connectivity index (χ2v) is 9.08. The lowest BCUT2D eigenvalue weighted by Gasteiger charge is -2.25. The summed E-state index contributed by atoms with van der Waals surface area (Å²) < 4.78 is 64.7. The van der Waals surface area contributed by atoms with E-state index in [4.69, 9.17) is 0 Å². The van der Waals surface area contributed by atoms with Gasteiger partial charge in [-0.1, -0.05) is 45.2 Å². The van der Waals surface area contributed by atoms with Crippen LogP contribution in [-0.4, -0.2) is 33.7 Å². The molecule has 1 aromatic carbocycles. The van der Waals surface area contributed by atoms with E-state index in [0.29, 0.717) is 12.5 Å². The van der Waals surface area contributed by atoms with E-state index in [2.05, 4.69) is 19.2 Å². The van der Waals surface area contributed by atoms with Gasteiger partial charge in [-0.3, -0.25) is 9.10 Å². The molecule has 0 saturated heterocycles. The van der Waals surface area contributed by atoms with E-state index in [-0.39, 0.29) is 25.3 Å². The zero-order valence-electron chi connectivity index (χ0n) is 17.3. The number of halogens is 3.